The number of anilines is 1. The molecule has 0 unspecified atom stereocenters. The second kappa shape index (κ2) is 7.12. The average molecular weight is 329 g/mol. The Hall–Kier alpha value is -2.58. The minimum absolute atomic E-state index is 0.0607. The SMILES string of the molecule is O=C1CN(C(=O)CCC(=O)Nc2cc(F)c(F)c(F)c2)CCN1. The first-order valence-corrected chi connectivity index (χ1v) is 6.85. The highest BCUT2D eigenvalue weighted by Gasteiger charge is 2.21. The molecule has 23 heavy (non-hydrogen) atoms. The summed E-state index contributed by atoms with van der Waals surface area (Å²) in [4.78, 5) is 36.0. The van der Waals surface area contributed by atoms with Gasteiger partial charge in [-0.3, -0.25) is 14.4 Å². The first-order chi connectivity index (χ1) is 10.9. The fourth-order valence-corrected chi connectivity index (χ4v) is 2.08. The molecule has 0 bridgehead atoms. The number of nitrogens with one attached hydrogen (secondary N) is 2. The van der Waals surface area contributed by atoms with Crippen LogP contribution >= 0.6 is 0 Å². The monoisotopic (exact) mass is 329 g/mol. The Balaban J connectivity index is 1.85. The summed E-state index contributed by atoms with van der Waals surface area (Å²) in [5.41, 5.74) is -0.240. The predicted octanol–water partition coefficient (Wildman–Crippen LogP) is 0.781. The molecule has 0 saturated carbocycles. The third-order valence-electron chi connectivity index (χ3n) is 3.22. The molecule has 124 valence electrons. The molecule has 0 aliphatic carbocycles. The van der Waals surface area contributed by atoms with Crippen LogP contribution in [0, 0.1) is 17.5 Å². The van der Waals surface area contributed by atoms with Gasteiger partial charge in [0.1, 0.15) is 0 Å². The summed E-state index contributed by atoms with van der Waals surface area (Å²) in [6, 6.07) is 1.29. The summed E-state index contributed by atoms with van der Waals surface area (Å²) in [5, 5.41) is 4.75. The van der Waals surface area contributed by atoms with Crippen LogP contribution in [0.5, 0.6) is 0 Å². The number of carbonyl (C=O) groups is 3. The van der Waals surface area contributed by atoms with Gasteiger partial charge in [0.2, 0.25) is 17.7 Å². The molecule has 1 saturated heterocycles. The van der Waals surface area contributed by atoms with Gasteiger partial charge in [0.25, 0.3) is 0 Å². The number of hydrogen-bond acceptors (Lipinski definition) is 3. The highest BCUT2D eigenvalue weighted by molar-refractivity contribution is 5.94. The van der Waals surface area contributed by atoms with Gasteiger partial charge in [-0.2, -0.15) is 0 Å². The average Bonchev–Trinajstić information content (AvgIpc) is 2.50. The van der Waals surface area contributed by atoms with Crippen LogP contribution in [-0.4, -0.2) is 42.3 Å². The summed E-state index contributed by atoms with van der Waals surface area (Å²) in [7, 11) is 0. The molecular weight excluding hydrogens is 315 g/mol. The molecule has 0 atom stereocenters. The second-order valence-corrected chi connectivity index (χ2v) is 4.97. The highest BCUT2D eigenvalue weighted by atomic mass is 19.2. The van der Waals surface area contributed by atoms with E-state index in [0.29, 0.717) is 25.2 Å². The summed E-state index contributed by atoms with van der Waals surface area (Å²) < 4.78 is 38.8. The quantitative estimate of drug-likeness (QED) is 0.802. The number of hydrogen-bond donors (Lipinski definition) is 2. The van der Waals surface area contributed by atoms with Gasteiger partial charge >= 0.3 is 0 Å². The molecule has 3 amide bonds. The van der Waals surface area contributed by atoms with E-state index in [1.807, 2.05) is 0 Å². The lowest BCUT2D eigenvalue weighted by Crippen LogP contribution is -2.50. The summed E-state index contributed by atoms with van der Waals surface area (Å²) in [6.07, 6.45) is -0.372. The molecule has 1 aromatic carbocycles. The van der Waals surface area contributed by atoms with E-state index < -0.39 is 23.4 Å². The van der Waals surface area contributed by atoms with Crippen LogP contribution in [0.15, 0.2) is 12.1 Å². The summed E-state index contributed by atoms with van der Waals surface area (Å²) in [5.74, 6) is -5.75. The first-order valence-electron chi connectivity index (χ1n) is 6.85. The van der Waals surface area contributed by atoms with E-state index in [9.17, 15) is 27.6 Å². The summed E-state index contributed by atoms with van der Waals surface area (Å²) in [6.45, 7) is 0.653. The number of halogens is 3. The number of nitrogens with zero attached hydrogens (tertiary/aromatic N) is 1. The maximum atomic E-state index is 13.0. The lowest BCUT2D eigenvalue weighted by Gasteiger charge is -2.26. The van der Waals surface area contributed by atoms with Crippen molar-refractivity contribution in [1.29, 1.82) is 0 Å². The fraction of sp³-hybridized carbons (Fsp3) is 0.357. The third-order valence-corrected chi connectivity index (χ3v) is 3.22. The maximum Gasteiger partial charge on any atom is 0.239 e. The minimum Gasteiger partial charge on any atom is -0.353 e. The Morgan fingerprint density at radius 1 is 1.17 bits per heavy atom. The van der Waals surface area contributed by atoms with Gasteiger partial charge in [-0.05, 0) is 0 Å². The molecule has 2 N–H and O–H groups in total. The van der Waals surface area contributed by atoms with E-state index in [-0.39, 0.29) is 36.9 Å². The molecule has 1 aromatic rings. The normalized spacial score (nSPS) is 14.4. The molecular formula is C14H14F3N3O3. The van der Waals surface area contributed by atoms with E-state index in [1.54, 1.807) is 0 Å². The van der Waals surface area contributed by atoms with Crippen molar-refractivity contribution in [1.82, 2.24) is 10.2 Å². The molecule has 0 spiro atoms. The van der Waals surface area contributed by atoms with Gasteiger partial charge in [0.15, 0.2) is 17.5 Å². The molecule has 9 heteroatoms. The van der Waals surface area contributed by atoms with Crippen molar-refractivity contribution in [3.05, 3.63) is 29.6 Å². The van der Waals surface area contributed by atoms with E-state index in [4.69, 9.17) is 0 Å². The number of carbonyl (C=O) groups excluding carboxylic acids is 3. The van der Waals surface area contributed by atoms with Crippen LogP contribution in [-0.2, 0) is 14.4 Å². The number of benzene rings is 1. The molecule has 6 nitrogen and oxygen atoms in total. The van der Waals surface area contributed by atoms with Crippen LogP contribution in [0.4, 0.5) is 18.9 Å². The topological polar surface area (TPSA) is 78.5 Å². The molecule has 1 fully saturated rings. The number of amides is 3. The highest BCUT2D eigenvalue weighted by Crippen LogP contribution is 2.17. The van der Waals surface area contributed by atoms with E-state index >= 15 is 0 Å². The van der Waals surface area contributed by atoms with Crippen molar-refractivity contribution in [2.45, 2.75) is 12.8 Å². The van der Waals surface area contributed by atoms with Crippen LogP contribution in [0.1, 0.15) is 12.8 Å². The number of rotatable bonds is 4. The van der Waals surface area contributed by atoms with Gasteiger partial charge in [0.05, 0.1) is 6.54 Å². The number of piperazine rings is 1. The molecule has 1 aliphatic heterocycles. The van der Waals surface area contributed by atoms with E-state index in [0.717, 1.165) is 0 Å². The first kappa shape index (κ1) is 16.8. The Morgan fingerprint density at radius 2 is 1.83 bits per heavy atom. The zero-order valence-electron chi connectivity index (χ0n) is 12.0. The largest absolute Gasteiger partial charge is 0.353 e. The lowest BCUT2D eigenvalue weighted by atomic mass is 10.2. The minimum atomic E-state index is -1.62. The molecule has 0 aromatic heterocycles. The predicted molar refractivity (Wildman–Crippen MR) is 73.8 cm³/mol. The lowest BCUT2D eigenvalue weighted by molar-refractivity contribution is -0.138. The second-order valence-electron chi connectivity index (χ2n) is 4.97. The van der Waals surface area contributed by atoms with Crippen LogP contribution < -0.4 is 10.6 Å². The van der Waals surface area contributed by atoms with Crippen molar-refractivity contribution >= 4 is 23.4 Å². The van der Waals surface area contributed by atoms with Gasteiger partial charge in [-0.15, -0.1) is 0 Å². The Kier molecular flexibility index (Phi) is 5.20. The van der Waals surface area contributed by atoms with E-state index in [2.05, 4.69) is 10.6 Å². The Morgan fingerprint density at radius 3 is 2.43 bits per heavy atom. The van der Waals surface area contributed by atoms with Crippen molar-refractivity contribution < 1.29 is 27.6 Å². The molecule has 2 rings (SSSR count). The van der Waals surface area contributed by atoms with E-state index in [1.165, 1.54) is 4.90 Å². The van der Waals surface area contributed by atoms with Crippen LogP contribution in [0.2, 0.25) is 0 Å². The molecule has 1 heterocycles. The fourth-order valence-electron chi connectivity index (χ4n) is 2.08. The Bertz CT molecular complexity index is 628. The van der Waals surface area contributed by atoms with Crippen LogP contribution in [0.25, 0.3) is 0 Å². The van der Waals surface area contributed by atoms with Gasteiger partial charge in [-0.25, -0.2) is 13.2 Å². The van der Waals surface area contributed by atoms with Crippen molar-refractivity contribution in [2.24, 2.45) is 0 Å². The standard InChI is InChI=1S/C14H14F3N3O3/c15-9-5-8(6-10(16)14(9)17)19-11(21)1-2-13(23)20-4-3-18-12(22)7-20/h5-6H,1-4,7H2,(H,18,22)(H,19,21). The van der Waals surface area contributed by atoms with Crippen molar-refractivity contribution in [2.75, 3.05) is 25.0 Å². The van der Waals surface area contributed by atoms with Crippen molar-refractivity contribution in [3.63, 3.8) is 0 Å². The van der Waals surface area contributed by atoms with Crippen molar-refractivity contribution in [3.8, 4) is 0 Å². The molecule has 0 radical (unpaired) electrons. The molecule has 1 aliphatic rings. The van der Waals surface area contributed by atoms with Gasteiger partial charge in [-0.1, -0.05) is 0 Å². The summed E-state index contributed by atoms with van der Waals surface area (Å²) >= 11 is 0. The zero-order valence-corrected chi connectivity index (χ0v) is 12.0. The smallest absolute Gasteiger partial charge is 0.239 e. The van der Waals surface area contributed by atoms with Gasteiger partial charge in [0, 0.05) is 43.8 Å². The maximum absolute atomic E-state index is 13.0. The van der Waals surface area contributed by atoms with Crippen LogP contribution in [0.3, 0.4) is 0 Å². The third kappa shape index (κ3) is 4.44. The Labute approximate surface area is 129 Å². The van der Waals surface area contributed by atoms with Gasteiger partial charge < -0.3 is 15.5 Å². The zero-order chi connectivity index (χ0) is 17.0.